The third-order valence-corrected chi connectivity index (χ3v) is 4.42. The number of aryl methyl sites for hydroxylation is 1. The number of rotatable bonds is 3. The molecule has 3 rings (SSSR count). The van der Waals surface area contributed by atoms with Gasteiger partial charge >= 0.3 is 0 Å². The van der Waals surface area contributed by atoms with E-state index in [1.807, 2.05) is 24.1 Å². The van der Waals surface area contributed by atoms with Gasteiger partial charge in [0, 0.05) is 6.04 Å². The molecular formula is C11H14IN5. The average Bonchev–Trinajstić information content (AvgIpc) is 3.01. The highest BCUT2D eigenvalue weighted by atomic mass is 127. The minimum atomic E-state index is 0.643. The molecule has 90 valence electrons. The lowest BCUT2D eigenvalue weighted by Gasteiger charge is -2.07. The SMILES string of the molecule is Cc1nn(Cc2cncn2C2CC2)c(N)c1I. The van der Waals surface area contributed by atoms with Gasteiger partial charge in [-0.25, -0.2) is 9.67 Å². The van der Waals surface area contributed by atoms with Gasteiger partial charge in [0.1, 0.15) is 5.82 Å². The van der Waals surface area contributed by atoms with Crippen molar-refractivity contribution in [2.75, 3.05) is 5.73 Å². The zero-order valence-corrected chi connectivity index (χ0v) is 11.8. The molecule has 6 heteroatoms. The lowest BCUT2D eigenvalue weighted by atomic mass is 10.4. The van der Waals surface area contributed by atoms with E-state index < -0.39 is 0 Å². The minimum Gasteiger partial charge on any atom is -0.383 e. The Labute approximate surface area is 113 Å². The smallest absolute Gasteiger partial charge is 0.135 e. The van der Waals surface area contributed by atoms with Crippen molar-refractivity contribution in [2.45, 2.75) is 32.4 Å². The number of imidazole rings is 1. The van der Waals surface area contributed by atoms with Crippen LogP contribution in [-0.4, -0.2) is 19.3 Å². The zero-order valence-electron chi connectivity index (χ0n) is 9.60. The number of anilines is 1. The van der Waals surface area contributed by atoms with Crippen LogP contribution in [0.3, 0.4) is 0 Å². The summed E-state index contributed by atoms with van der Waals surface area (Å²) in [6.07, 6.45) is 6.33. The summed E-state index contributed by atoms with van der Waals surface area (Å²) in [6.45, 7) is 2.68. The quantitative estimate of drug-likeness (QED) is 0.867. The monoisotopic (exact) mass is 343 g/mol. The molecule has 0 bridgehead atoms. The highest BCUT2D eigenvalue weighted by molar-refractivity contribution is 14.1. The minimum absolute atomic E-state index is 0.643. The molecule has 0 spiro atoms. The van der Waals surface area contributed by atoms with Gasteiger partial charge in [-0.15, -0.1) is 0 Å². The zero-order chi connectivity index (χ0) is 12.0. The number of nitrogen functional groups attached to an aromatic ring is 1. The summed E-state index contributed by atoms with van der Waals surface area (Å²) in [7, 11) is 0. The van der Waals surface area contributed by atoms with Gasteiger partial charge in [-0.2, -0.15) is 5.10 Å². The van der Waals surface area contributed by atoms with Gasteiger partial charge in [0.15, 0.2) is 0 Å². The van der Waals surface area contributed by atoms with Gasteiger partial charge in [0.25, 0.3) is 0 Å². The molecule has 2 aromatic rings. The Kier molecular flexibility index (Phi) is 2.61. The van der Waals surface area contributed by atoms with Crippen LogP contribution in [-0.2, 0) is 6.54 Å². The standard InChI is InChI=1S/C11H14IN5/c1-7-10(12)11(13)17(15-7)5-9-4-14-6-16(9)8-2-3-8/h4,6,8H,2-3,5,13H2,1H3. The Bertz CT molecular complexity index is 552. The summed E-state index contributed by atoms with van der Waals surface area (Å²) in [5.41, 5.74) is 8.19. The van der Waals surface area contributed by atoms with Crippen molar-refractivity contribution in [3.8, 4) is 0 Å². The van der Waals surface area contributed by atoms with Crippen molar-refractivity contribution >= 4 is 28.4 Å². The van der Waals surface area contributed by atoms with Crippen LogP contribution in [0.1, 0.15) is 30.3 Å². The van der Waals surface area contributed by atoms with E-state index in [2.05, 4.69) is 37.2 Å². The van der Waals surface area contributed by atoms with Crippen LogP contribution >= 0.6 is 22.6 Å². The predicted molar refractivity (Wildman–Crippen MR) is 73.7 cm³/mol. The highest BCUT2D eigenvalue weighted by Crippen LogP contribution is 2.35. The Hall–Kier alpha value is -1.05. The van der Waals surface area contributed by atoms with Crippen LogP contribution in [0.5, 0.6) is 0 Å². The molecule has 2 heterocycles. The average molecular weight is 343 g/mol. The third kappa shape index (κ3) is 1.94. The summed E-state index contributed by atoms with van der Waals surface area (Å²) in [5, 5.41) is 4.45. The maximum atomic E-state index is 6.03. The second-order valence-corrected chi connectivity index (χ2v) is 5.54. The number of aromatic nitrogens is 4. The number of halogens is 1. The molecule has 1 aliphatic carbocycles. The second-order valence-electron chi connectivity index (χ2n) is 4.47. The fourth-order valence-corrected chi connectivity index (χ4v) is 2.37. The molecule has 0 aliphatic heterocycles. The van der Waals surface area contributed by atoms with Crippen molar-refractivity contribution in [3.63, 3.8) is 0 Å². The van der Waals surface area contributed by atoms with Gasteiger partial charge < -0.3 is 10.3 Å². The molecular weight excluding hydrogens is 329 g/mol. The van der Waals surface area contributed by atoms with Gasteiger partial charge in [0.05, 0.1) is 34.0 Å². The van der Waals surface area contributed by atoms with E-state index in [4.69, 9.17) is 5.73 Å². The normalized spacial score (nSPS) is 15.4. The van der Waals surface area contributed by atoms with E-state index in [0.29, 0.717) is 12.6 Å². The lowest BCUT2D eigenvalue weighted by molar-refractivity contribution is 0.617. The fraction of sp³-hybridized carbons (Fsp3) is 0.455. The topological polar surface area (TPSA) is 61.7 Å². The molecule has 1 fully saturated rings. The molecule has 0 unspecified atom stereocenters. The number of hydrogen-bond donors (Lipinski definition) is 1. The molecule has 0 amide bonds. The van der Waals surface area contributed by atoms with Gasteiger partial charge in [-0.1, -0.05) is 0 Å². The van der Waals surface area contributed by atoms with Crippen molar-refractivity contribution in [1.29, 1.82) is 0 Å². The largest absolute Gasteiger partial charge is 0.383 e. The Balaban J connectivity index is 1.90. The maximum absolute atomic E-state index is 6.03. The van der Waals surface area contributed by atoms with Gasteiger partial charge in [-0.3, -0.25) is 0 Å². The summed E-state index contributed by atoms with van der Waals surface area (Å²) < 4.78 is 5.14. The third-order valence-electron chi connectivity index (χ3n) is 3.09. The number of nitrogens with two attached hydrogens (primary N) is 1. The summed E-state index contributed by atoms with van der Waals surface area (Å²) in [6, 6.07) is 0.643. The first-order valence-electron chi connectivity index (χ1n) is 5.66. The first-order valence-corrected chi connectivity index (χ1v) is 6.73. The Morgan fingerprint density at radius 1 is 1.53 bits per heavy atom. The van der Waals surface area contributed by atoms with Crippen LogP contribution in [0.2, 0.25) is 0 Å². The first kappa shape index (κ1) is 11.1. The van der Waals surface area contributed by atoms with E-state index >= 15 is 0 Å². The van der Waals surface area contributed by atoms with Crippen LogP contribution in [0.4, 0.5) is 5.82 Å². The van der Waals surface area contributed by atoms with Crippen LogP contribution in [0, 0.1) is 10.5 Å². The maximum Gasteiger partial charge on any atom is 0.135 e. The second kappa shape index (κ2) is 4.01. The number of hydrogen-bond acceptors (Lipinski definition) is 3. The van der Waals surface area contributed by atoms with E-state index in [1.165, 1.54) is 18.5 Å². The van der Waals surface area contributed by atoms with Crippen molar-refractivity contribution in [3.05, 3.63) is 27.5 Å². The van der Waals surface area contributed by atoms with E-state index in [-0.39, 0.29) is 0 Å². The van der Waals surface area contributed by atoms with Gasteiger partial charge in [-0.05, 0) is 42.4 Å². The molecule has 0 saturated heterocycles. The highest BCUT2D eigenvalue weighted by Gasteiger charge is 2.25. The van der Waals surface area contributed by atoms with Crippen LogP contribution in [0.15, 0.2) is 12.5 Å². The summed E-state index contributed by atoms with van der Waals surface area (Å²) in [4.78, 5) is 4.22. The van der Waals surface area contributed by atoms with Gasteiger partial charge in [0.2, 0.25) is 0 Å². The number of nitrogens with zero attached hydrogens (tertiary/aromatic N) is 4. The summed E-state index contributed by atoms with van der Waals surface area (Å²) in [5.74, 6) is 0.742. The van der Waals surface area contributed by atoms with E-state index in [1.54, 1.807) is 0 Å². The van der Waals surface area contributed by atoms with E-state index in [0.717, 1.165) is 15.1 Å². The van der Waals surface area contributed by atoms with Crippen LogP contribution in [0.25, 0.3) is 0 Å². The Morgan fingerprint density at radius 2 is 2.29 bits per heavy atom. The molecule has 0 radical (unpaired) electrons. The molecule has 2 aromatic heterocycles. The molecule has 5 nitrogen and oxygen atoms in total. The predicted octanol–water partition coefficient (Wildman–Crippen LogP) is 1.96. The van der Waals surface area contributed by atoms with E-state index in [9.17, 15) is 0 Å². The molecule has 0 atom stereocenters. The Morgan fingerprint density at radius 3 is 2.88 bits per heavy atom. The van der Waals surface area contributed by atoms with Crippen molar-refractivity contribution in [2.24, 2.45) is 0 Å². The molecule has 0 aromatic carbocycles. The molecule has 1 aliphatic rings. The van der Waals surface area contributed by atoms with Crippen LogP contribution < -0.4 is 5.73 Å². The molecule has 2 N–H and O–H groups in total. The fourth-order valence-electron chi connectivity index (χ4n) is 1.99. The van der Waals surface area contributed by atoms with Crippen molar-refractivity contribution in [1.82, 2.24) is 19.3 Å². The molecule has 1 saturated carbocycles. The van der Waals surface area contributed by atoms with Crippen molar-refractivity contribution < 1.29 is 0 Å². The first-order chi connectivity index (χ1) is 8.16. The lowest BCUT2D eigenvalue weighted by Crippen LogP contribution is -2.10. The summed E-state index contributed by atoms with van der Waals surface area (Å²) >= 11 is 2.23. The molecule has 17 heavy (non-hydrogen) atoms.